The minimum atomic E-state index is -0.360. The molecule has 0 heterocycles. The van der Waals surface area contributed by atoms with Crippen molar-refractivity contribution in [2.24, 2.45) is 23.7 Å². The molecule has 5 heteroatoms. The molecule has 6 atom stereocenters. The van der Waals surface area contributed by atoms with E-state index < -0.39 is 0 Å². The SMILES string of the molecule is CC[C@]1(OCOCc2ccccc2)CCC[C@@H]2C(=O)[C@@H]3CCC[C@](CC)(OCOCc4ccccc4)[C@@H]3[C@H]21. The van der Waals surface area contributed by atoms with Crippen molar-refractivity contribution in [3.8, 4) is 0 Å². The first-order chi connectivity index (χ1) is 18.6. The van der Waals surface area contributed by atoms with Gasteiger partial charge in [0.1, 0.15) is 19.4 Å². The number of fused-ring (bicyclic) bond motifs is 3. The lowest BCUT2D eigenvalue weighted by Gasteiger charge is -2.53. The molecule has 0 amide bonds. The van der Waals surface area contributed by atoms with Crippen molar-refractivity contribution >= 4 is 5.78 Å². The van der Waals surface area contributed by atoms with Gasteiger partial charge in [-0.15, -0.1) is 0 Å². The zero-order valence-electron chi connectivity index (χ0n) is 23.1. The second-order valence-corrected chi connectivity index (χ2v) is 11.5. The molecule has 0 aliphatic heterocycles. The van der Waals surface area contributed by atoms with Crippen LogP contribution in [0.4, 0.5) is 0 Å². The Morgan fingerprint density at radius 2 is 1.11 bits per heavy atom. The number of ketones is 1. The summed E-state index contributed by atoms with van der Waals surface area (Å²) in [5.74, 6) is 0.899. The van der Waals surface area contributed by atoms with Crippen LogP contribution < -0.4 is 0 Å². The van der Waals surface area contributed by atoms with Crippen molar-refractivity contribution < 1.29 is 23.7 Å². The first-order valence-electron chi connectivity index (χ1n) is 14.7. The Labute approximate surface area is 228 Å². The molecular weight excluding hydrogens is 476 g/mol. The first-order valence-corrected chi connectivity index (χ1v) is 14.7. The standard InChI is InChI=1S/C33H44O5/c1-3-32(37-23-35-21-25-13-7-5-8-14-25)19-11-17-27-29(32)30-28(31(27)34)18-12-20-33(30,4-2)38-24-36-22-26-15-9-6-10-16-26/h5-10,13-16,27-30H,3-4,11-12,17-24H2,1-2H3/t27-,28+,29-,30-,32-,33-/m0/s1. The summed E-state index contributed by atoms with van der Waals surface area (Å²) in [4.78, 5) is 13.8. The fraction of sp³-hybridized carbons (Fsp3) is 0.606. The molecule has 0 aromatic heterocycles. The molecule has 0 bridgehead atoms. The molecule has 0 radical (unpaired) electrons. The van der Waals surface area contributed by atoms with Crippen LogP contribution in [0, 0.1) is 23.7 Å². The fourth-order valence-corrected chi connectivity index (χ4v) is 7.89. The topological polar surface area (TPSA) is 54.0 Å². The smallest absolute Gasteiger partial charge is 0.147 e. The van der Waals surface area contributed by atoms with Gasteiger partial charge in [-0.25, -0.2) is 0 Å². The minimum Gasteiger partial charge on any atom is -0.351 e. The summed E-state index contributed by atoms with van der Waals surface area (Å²) in [6.07, 6.45) is 7.69. The number of Topliss-reactive ketones (excluding diaryl/α,β-unsaturated/α-hetero) is 1. The molecule has 2 aromatic rings. The van der Waals surface area contributed by atoms with Crippen molar-refractivity contribution in [3.05, 3.63) is 71.8 Å². The van der Waals surface area contributed by atoms with Crippen molar-refractivity contribution in [1.82, 2.24) is 0 Å². The van der Waals surface area contributed by atoms with Crippen LogP contribution in [0.1, 0.15) is 76.3 Å². The lowest BCUT2D eigenvalue weighted by molar-refractivity contribution is -0.238. The third kappa shape index (κ3) is 5.49. The van der Waals surface area contributed by atoms with Crippen molar-refractivity contribution in [2.45, 2.75) is 89.6 Å². The molecule has 3 saturated carbocycles. The van der Waals surface area contributed by atoms with Crippen LogP contribution in [-0.2, 0) is 37.0 Å². The lowest BCUT2D eigenvalue weighted by atomic mass is 9.59. The molecule has 2 aromatic carbocycles. The largest absolute Gasteiger partial charge is 0.351 e. The van der Waals surface area contributed by atoms with Crippen LogP contribution in [0.15, 0.2) is 60.7 Å². The maximum absolute atomic E-state index is 13.8. The van der Waals surface area contributed by atoms with Crippen molar-refractivity contribution in [2.75, 3.05) is 13.6 Å². The molecule has 3 aliphatic rings. The summed E-state index contributed by atoms with van der Waals surface area (Å²) < 4.78 is 25.4. The summed E-state index contributed by atoms with van der Waals surface area (Å²) >= 11 is 0. The van der Waals surface area contributed by atoms with E-state index in [2.05, 4.69) is 38.1 Å². The van der Waals surface area contributed by atoms with E-state index in [1.54, 1.807) is 0 Å². The summed E-state index contributed by atoms with van der Waals surface area (Å²) in [5.41, 5.74) is 1.56. The number of carbonyl (C=O) groups excluding carboxylic acids is 1. The van der Waals surface area contributed by atoms with E-state index in [0.717, 1.165) is 62.5 Å². The summed E-state index contributed by atoms with van der Waals surface area (Å²) in [5, 5.41) is 0. The Kier molecular flexibility index (Phi) is 8.99. The monoisotopic (exact) mass is 520 g/mol. The third-order valence-corrected chi connectivity index (χ3v) is 9.71. The fourth-order valence-electron chi connectivity index (χ4n) is 7.89. The van der Waals surface area contributed by atoms with Gasteiger partial charge in [0.25, 0.3) is 0 Å². The summed E-state index contributed by atoms with van der Waals surface area (Å²) in [6.45, 7) is 5.99. The Hall–Kier alpha value is -2.05. The van der Waals surface area contributed by atoms with E-state index in [9.17, 15) is 4.79 Å². The number of rotatable bonds is 12. The van der Waals surface area contributed by atoms with E-state index in [-0.39, 0.29) is 48.5 Å². The molecule has 3 fully saturated rings. The molecule has 38 heavy (non-hydrogen) atoms. The number of hydrogen-bond acceptors (Lipinski definition) is 5. The molecule has 5 rings (SSSR count). The van der Waals surface area contributed by atoms with Gasteiger partial charge in [0.15, 0.2) is 0 Å². The Balaban J connectivity index is 1.32. The Morgan fingerprint density at radius 1 is 0.684 bits per heavy atom. The lowest BCUT2D eigenvalue weighted by Crippen LogP contribution is -2.56. The molecule has 206 valence electrons. The van der Waals surface area contributed by atoms with Crippen LogP contribution in [0.25, 0.3) is 0 Å². The maximum Gasteiger partial charge on any atom is 0.147 e. The quantitative estimate of drug-likeness (QED) is 0.221. The van der Waals surface area contributed by atoms with Gasteiger partial charge in [0, 0.05) is 23.7 Å². The van der Waals surface area contributed by atoms with Crippen molar-refractivity contribution in [3.63, 3.8) is 0 Å². The highest BCUT2D eigenvalue weighted by molar-refractivity contribution is 5.87. The zero-order valence-corrected chi connectivity index (χ0v) is 23.1. The second-order valence-electron chi connectivity index (χ2n) is 11.5. The Bertz CT molecular complexity index is 945. The van der Waals surface area contributed by atoms with E-state index in [0.29, 0.717) is 19.0 Å². The predicted octanol–water partition coefficient (Wildman–Crippen LogP) is 7.08. The van der Waals surface area contributed by atoms with Gasteiger partial charge in [-0.3, -0.25) is 4.79 Å². The van der Waals surface area contributed by atoms with Gasteiger partial charge in [0.2, 0.25) is 0 Å². The predicted molar refractivity (Wildman–Crippen MR) is 147 cm³/mol. The normalized spacial score (nSPS) is 32.6. The highest BCUT2D eigenvalue weighted by Gasteiger charge is 2.65. The molecule has 0 spiro atoms. The average Bonchev–Trinajstić information content (AvgIpc) is 3.28. The number of ether oxygens (including phenoxy) is 4. The summed E-state index contributed by atoms with van der Waals surface area (Å²) in [7, 11) is 0. The van der Waals surface area contributed by atoms with Crippen LogP contribution in [0.5, 0.6) is 0 Å². The first kappa shape index (κ1) is 27.5. The molecule has 3 aliphatic carbocycles. The van der Waals surface area contributed by atoms with E-state index in [1.807, 2.05) is 36.4 Å². The third-order valence-electron chi connectivity index (χ3n) is 9.71. The van der Waals surface area contributed by atoms with E-state index >= 15 is 0 Å². The molecular formula is C33H44O5. The van der Waals surface area contributed by atoms with Gasteiger partial charge in [-0.05, 0) is 62.5 Å². The van der Waals surface area contributed by atoms with Gasteiger partial charge in [-0.2, -0.15) is 0 Å². The van der Waals surface area contributed by atoms with Crippen LogP contribution in [-0.4, -0.2) is 30.6 Å². The van der Waals surface area contributed by atoms with Crippen molar-refractivity contribution in [1.29, 1.82) is 0 Å². The van der Waals surface area contributed by atoms with Crippen LogP contribution >= 0.6 is 0 Å². The van der Waals surface area contributed by atoms with Crippen LogP contribution in [0.3, 0.4) is 0 Å². The minimum absolute atomic E-state index is 0.0608. The highest BCUT2D eigenvalue weighted by atomic mass is 16.7. The molecule has 5 nitrogen and oxygen atoms in total. The molecule has 0 saturated heterocycles. The molecule has 0 unspecified atom stereocenters. The van der Waals surface area contributed by atoms with Gasteiger partial charge >= 0.3 is 0 Å². The Morgan fingerprint density at radius 3 is 1.50 bits per heavy atom. The number of carbonyl (C=O) groups is 1. The van der Waals surface area contributed by atoms with Gasteiger partial charge in [-0.1, -0.05) is 74.5 Å². The molecule has 0 N–H and O–H groups in total. The average molecular weight is 521 g/mol. The summed E-state index contributed by atoms with van der Waals surface area (Å²) in [6, 6.07) is 20.4. The zero-order chi connectivity index (χ0) is 26.4. The number of hydrogen-bond donors (Lipinski definition) is 0. The van der Waals surface area contributed by atoms with Crippen LogP contribution in [0.2, 0.25) is 0 Å². The number of benzene rings is 2. The maximum atomic E-state index is 13.8. The second kappa shape index (κ2) is 12.4. The van der Waals surface area contributed by atoms with E-state index in [4.69, 9.17) is 18.9 Å². The van der Waals surface area contributed by atoms with Gasteiger partial charge < -0.3 is 18.9 Å². The highest BCUT2D eigenvalue weighted by Crippen LogP contribution is 2.61. The van der Waals surface area contributed by atoms with E-state index in [1.165, 1.54) is 0 Å². The van der Waals surface area contributed by atoms with Gasteiger partial charge in [0.05, 0.1) is 24.4 Å².